The zero-order chi connectivity index (χ0) is 9.97. The lowest BCUT2D eigenvalue weighted by molar-refractivity contribution is 0.0936. The monoisotopic (exact) mass is 252 g/mol. The highest BCUT2D eigenvalue weighted by Gasteiger charge is 2.21. The van der Waals surface area contributed by atoms with Crippen molar-refractivity contribution in [3.63, 3.8) is 0 Å². The highest BCUT2D eigenvalue weighted by atomic mass is 79.9. The van der Waals surface area contributed by atoms with Crippen molar-refractivity contribution in [2.45, 2.75) is 25.7 Å². The molecule has 1 aliphatic rings. The van der Waals surface area contributed by atoms with E-state index in [9.17, 15) is 4.79 Å². The van der Waals surface area contributed by atoms with Crippen molar-refractivity contribution in [2.24, 2.45) is 5.92 Å². The predicted molar refractivity (Wildman–Crippen MR) is 60.4 cm³/mol. The van der Waals surface area contributed by atoms with E-state index in [1.54, 1.807) is 0 Å². The first kappa shape index (κ1) is 9.91. The normalized spacial score (nSPS) is 16.4. The van der Waals surface area contributed by atoms with Crippen molar-refractivity contribution in [1.29, 1.82) is 0 Å². The number of carbonyl (C=O) groups excluding carboxylic acids is 1. The number of halogens is 1. The Kier molecular flexibility index (Phi) is 3.02. The van der Waals surface area contributed by atoms with Crippen molar-refractivity contribution < 1.29 is 4.79 Å². The first-order valence-electron chi connectivity index (χ1n) is 5.04. The second-order valence-electron chi connectivity index (χ2n) is 3.93. The van der Waals surface area contributed by atoms with Crippen LogP contribution in [0.5, 0.6) is 0 Å². The molecule has 1 aliphatic carbocycles. The second kappa shape index (κ2) is 4.26. The molecule has 14 heavy (non-hydrogen) atoms. The molecule has 0 heterocycles. The van der Waals surface area contributed by atoms with Crippen molar-refractivity contribution in [1.82, 2.24) is 0 Å². The van der Waals surface area contributed by atoms with Crippen LogP contribution in [0.1, 0.15) is 36.0 Å². The minimum atomic E-state index is 0.294. The molecule has 0 N–H and O–H groups in total. The van der Waals surface area contributed by atoms with Gasteiger partial charge in [-0.2, -0.15) is 0 Å². The zero-order valence-corrected chi connectivity index (χ0v) is 9.59. The first-order valence-corrected chi connectivity index (χ1v) is 5.84. The van der Waals surface area contributed by atoms with Crippen LogP contribution in [0.3, 0.4) is 0 Å². The van der Waals surface area contributed by atoms with Gasteiger partial charge in [-0.15, -0.1) is 0 Å². The molecule has 0 spiro atoms. The minimum absolute atomic E-state index is 0.294. The van der Waals surface area contributed by atoms with Gasteiger partial charge in [-0.3, -0.25) is 4.79 Å². The van der Waals surface area contributed by atoms with Gasteiger partial charge in [0.25, 0.3) is 0 Å². The summed E-state index contributed by atoms with van der Waals surface area (Å²) in [6, 6.07) is 7.64. The summed E-state index contributed by atoms with van der Waals surface area (Å²) < 4.78 is 1.03. The average molecular weight is 253 g/mol. The van der Waals surface area contributed by atoms with Gasteiger partial charge < -0.3 is 0 Å². The maximum atomic E-state index is 11.7. The molecule has 0 radical (unpaired) electrons. The van der Waals surface area contributed by atoms with E-state index in [-0.39, 0.29) is 0 Å². The topological polar surface area (TPSA) is 17.1 Å². The van der Waals surface area contributed by atoms with Gasteiger partial charge in [-0.25, -0.2) is 0 Å². The van der Waals surface area contributed by atoms with Crippen molar-refractivity contribution in [3.05, 3.63) is 34.3 Å². The largest absolute Gasteiger partial charge is 0.294 e. The molecule has 1 aromatic carbocycles. The van der Waals surface area contributed by atoms with E-state index in [2.05, 4.69) is 15.9 Å². The molecular weight excluding hydrogens is 240 g/mol. The zero-order valence-electron chi connectivity index (χ0n) is 8.00. The van der Waals surface area contributed by atoms with Crippen molar-refractivity contribution in [2.75, 3.05) is 0 Å². The average Bonchev–Trinajstić information content (AvgIpc) is 2.12. The van der Waals surface area contributed by atoms with Crippen LogP contribution in [-0.2, 0) is 0 Å². The molecule has 74 valence electrons. The highest BCUT2D eigenvalue weighted by Crippen LogP contribution is 2.30. The van der Waals surface area contributed by atoms with E-state index in [1.165, 1.54) is 19.3 Å². The molecule has 2 heteroatoms. The van der Waals surface area contributed by atoms with Gasteiger partial charge in [0.15, 0.2) is 5.78 Å². The number of hydrogen-bond donors (Lipinski definition) is 0. The Morgan fingerprint density at radius 2 is 1.93 bits per heavy atom. The van der Waals surface area contributed by atoms with Crippen LogP contribution < -0.4 is 0 Å². The molecule has 0 atom stereocenters. The number of Topliss-reactive ketones (excluding diaryl/α,β-unsaturated/α-hetero) is 1. The molecule has 0 unspecified atom stereocenters. The Balaban J connectivity index is 1.99. The van der Waals surface area contributed by atoms with Crippen LogP contribution >= 0.6 is 15.9 Å². The Morgan fingerprint density at radius 3 is 2.43 bits per heavy atom. The van der Waals surface area contributed by atoms with Crippen LogP contribution in [0.15, 0.2) is 28.7 Å². The summed E-state index contributed by atoms with van der Waals surface area (Å²) in [5, 5.41) is 0. The Morgan fingerprint density at radius 1 is 1.29 bits per heavy atom. The molecule has 1 saturated carbocycles. The van der Waals surface area contributed by atoms with Gasteiger partial charge in [-0.05, 0) is 18.1 Å². The van der Waals surface area contributed by atoms with Crippen molar-refractivity contribution in [3.8, 4) is 0 Å². The molecule has 0 bridgehead atoms. The SMILES string of the molecule is O=C(CC1CCC1)c1ccc(Br)cc1. The molecule has 0 amide bonds. The number of carbonyl (C=O) groups is 1. The Hall–Kier alpha value is -0.630. The summed E-state index contributed by atoms with van der Waals surface area (Å²) in [4.78, 5) is 11.7. The smallest absolute Gasteiger partial charge is 0.163 e. The molecule has 0 aromatic heterocycles. The van der Waals surface area contributed by atoms with Crippen LogP contribution in [0, 0.1) is 5.92 Å². The van der Waals surface area contributed by atoms with E-state index < -0.39 is 0 Å². The van der Waals surface area contributed by atoms with Crippen LogP contribution in [0.2, 0.25) is 0 Å². The third-order valence-corrected chi connectivity index (χ3v) is 3.39. The maximum Gasteiger partial charge on any atom is 0.163 e. The van der Waals surface area contributed by atoms with Crippen LogP contribution in [0.25, 0.3) is 0 Å². The van der Waals surface area contributed by atoms with Gasteiger partial charge >= 0.3 is 0 Å². The van der Waals surface area contributed by atoms with E-state index >= 15 is 0 Å². The van der Waals surface area contributed by atoms with Gasteiger partial charge in [0.05, 0.1) is 0 Å². The summed E-state index contributed by atoms with van der Waals surface area (Å²) >= 11 is 3.36. The van der Waals surface area contributed by atoms with E-state index in [1.807, 2.05) is 24.3 Å². The van der Waals surface area contributed by atoms with Crippen LogP contribution in [-0.4, -0.2) is 5.78 Å². The lowest BCUT2D eigenvalue weighted by atomic mass is 9.81. The molecule has 1 fully saturated rings. The maximum absolute atomic E-state index is 11.7. The lowest BCUT2D eigenvalue weighted by Gasteiger charge is -2.24. The summed E-state index contributed by atoms with van der Waals surface area (Å²) in [6.45, 7) is 0. The minimum Gasteiger partial charge on any atom is -0.294 e. The van der Waals surface area contributed by atoms with Gasteiger partial charge in [0.2, 0.25) is 0 Å². The quantitative estimate of drug-likeness (QED) is 0.748. The van der Waals surface area contributed by atoms with Crippen LogP contribution in [0.4, 0.5) is 0 Å². The fourth-order valence-corrected chi connectivity index (χ4v) is 1.98. The number of ketones is 1. The third-order valence-electron chi connectivity index (χ3n) is 2.87. The third kappa shape index (κ3) is 2.24. The molecule has 2 rings (SSSR count). The Labute approximate surface area is 92.6 Å². The number of rotatable bonds is 3. The van der Waals surface area contributed by atoms with Gasteiger partial charge in [-0.1, -0.05) is 47.3 Å². The fourth-order valence-electron chi connectivity index (χ4n) is 1.71. The molecule has 1 aromatic rings. The second-order valence-corrected chi connectivity index (χ2v) is 4.85. The number of hydrogen-bond acceptors (Lipinski definition) is 1. The highest BCUT2D eigenvalue weighted by molar-refractivity contribution is 9.10. The van der Waals surface area contributed by atoms with E-state index in [4.69, 9.17) is 0 Å². The van der Waals surface area contributed by atoms with Gasteiger partial charge in [0.1, 0.15) is 0 Å². The van der Waals surface area contributed by atoms with E-state index in [0.29, 0.717) is 11.7 Å². The summed E-state index contributed by atoms with van der Waals surface area (Å²) in [6.07, 6.45) is 4.52. The summed E-state index contributed by atoms with van der Waals surface area (Å²) in [7, 11) is 0. The van der Waals surface area contributed by atoms with E-state index in [0.717, 1.165) is 16.5 Å². The summed E-state index contributed by atoms with van der Waals surface area (Å²) in [5.41, 5.74) is 0.847. The van der Waals surface area contributed by atoms with Gasteiger partial charge in [0, 0.05) is 16.5 Å². The standard InChI is InChI=1S/C12H13BrO/c13-11-6-4-10(5-7-11)12(14)8-9-2-1-3-9/h4-7,9H,1-3,8H2. The Bertz CT molecular complexity index is 325. The molecule has 0 saturated heterocycles. The fraction of sp³-hybridized carbons (Fsp3) is 0.417. The molecular formula is C12H13BrO. The molecule has 0 aliphatic heterocycles. The molecule has 1 nitrogen and oxygen atoms in total. The predicted octanol–water partition coefficient (Wildman–Crippen LogP) is 3.82. The first-order chi connectivity index (χ1) is 6.75. The van der Waals surface area contributed by atoms with Crippen molar-refractivity contribution >= 4 is 21.7 Å². The lowest BCUT2D eigenvalue weighted by Crippen LogP contribution is -2.15. The summed E-state index contributed by atoms with van der Waals surface area (Å²) in [5.74, 6) is 0.952. The number of benzene rings is 1.